The monoisotopic (exact) mass is 563 g/mol. The molecule has 6 heteroatoms. The van der Waals surface area contributed by atoms with Crippen LogP contribution in [0.3, 0.4) is 0 Å². The van der Waals surface area contributed by atoms with E-state index in [1.807, 2.05) is 24.3 Å². The Morgan fingerprint density at radius 1 is 0.850 bits per heavy atom. The van der Waals surface area contributed by atoms with Crippen LogP contribution < -0.4 is 14.6 Å². The number of carbonyl (C=O) groups excluding carboxylic acids is 2. The lowest BCUT2D eigenvalue weighted by molar-refractivity contribution is -0.689. The zero-order chi connectivity index (χ0) is 28.6. The van der Waals surface area contributed by atoms with Crippen molar-refractivity contribution in [3.05, 3.63) is 75.7 Å². The lowest BCUT2D eigenvalue weighted by Crippen LogP contribution is -2.34. The number of aromatic nitrogens is 1. The Kier molecular flexibility index (Phi) is 13.9. The number of ether oxygens (including phenoxy) is 1. The smallest absolute Gasteiger partial charge is 0.255 e. The molecule has 1 N–H and O–H groups in total. The maximum Gasteiger partial charge on any atom is 0.255 e. The van der Waals surface area contributed by atoms with Crippen molar-refractivity contribution in [3.8, 4) is 5.75 Å². The molecule has 0 spiro atoms. The molecule has 0 radical (unpaired) electrons. The van der Waals surface area contributed by atoms with Gasteiger partial charge in [-0.2, -0.15) is 4.57 Å². The summed E-state index contributed by atoms with van der Waals surface area (Å²) in [5, 5.41) is 6.27. The zero-order valence-electron chi connectivity index (χ0n) is 24.7. The Morgan fingerprint density at radius 3 is 2.05 bits per heavy atom. The number of carbonyl (C=O) groups is 2. The standard InChI is InChI=1S/C34H46N2O3S/c1-4-5-6-7-8-9-10-11-12-13-14-15-23-39-33-21-18-30(25-32(33)27(2)37)34(38)35-31-19-16-29(17-20-31)26-36-22-24-40-28(36)3/h16-22,24-25H,4-15,23,26H2,1-3H3/p+1. The van der Waals surface area contributed by atoms with Crippen molar-refractivity contribution in [2.45, 2.75) is 104 Å². The Bertz CT molecular complexity index is 1190. The molecule has 0 aliphatic rings. The van der Waals surface area contributed by atoms with Gasteiger partial charge in [0.1, 0.15) is 5.75 Å². The van der Waals surface area contributed by atoms with Crippen LogP contribution in [0.4, 0.5) is 5.69 Å². The third-order valence-electron chi connectivity index (χ3n) is 7.33. The lowest BCUT2D eigenvalue weighted by Gasteiger charge is -2.12. The second-order valence-electron chi connectivity index (χ2n) is 10.7. The summed E-state index contributed by atoms with van der Waals surface area (Å²) in [5.74, 6) is 0.202. The number of nitrogens with one attached hydrogen (secondary N) is 1. The average Bonchev–Trinajstić information content (AvgIpc) is 3.36. The van der Waals surface area contributed by atoms with Gasteiger partial charge in [0.15, 0.2) is 18.5 Å². The van der Waals surface area contributed by atoms with E-state index in [2.05, 4.69) is 35.3 Å². The van der Waals surface area contributed by atoms with Gasteiger partial charge in [0.05, 0.1) is 17.6 Å². The fourth-order valence-corrected chi connectivity index (χ4v) is 5.50. The van der Waals surface area contributed by atoms with Crippen LogP contribution in [0.2, 0.25) is 0 Å². The lowest BCUT2D eigenvalue weighted by atomic mass is 10.1. The van der Waals surface area contributed by atoms with E-state index >= 15 is 0 Å². The van der Waals surface area contributed by atoms with Crippen LogP contribution >= 0.6 is 11.3 Å². The Balaban J connectivity index is 1.39. The first-order chi connectivity index (χ1) is 19.5. The molecule has 0 aliphatic carbocycles. The summed E-state index contributed by atoms with van der Waals surface area (Å²) in [7, 11) is 0. The number of anilines is 1. The van der Waals surface area contributed by atoms with Gasteiger partial charge in [-0.15, -0.1) is 0 Å². The van der Waals surface area contributed by atoms with Crippen molar-refractivity contribution in [1.82, 2.24) is 0 Å². The summed E-state index contributed by atoms with van der Waals surface area (Å²) >= 11 is 1.72. The molecule has 216 valence electrons. The quantitative estimate of drug-likeness (QED) is 0.0900. The van der Waals surface area contributed by atoms with Crippen molar-refractivity contribution in [2.24, 2.45) is 0 Å². The molecule has 0 fully saturated rings. The van der Waals surface area contributed by atoms with E-state index in [-0.39, 0.29) is 11.7 Å². The molecule has 0 aliphatic heterocycles. The molecule has 2 aromatic carbocycles. The highest BCUT2D eigenvalue weighted by molar-refractivity contribution is 7.09. The van der Waals surface area contributed by atoms with Crippen LogP contribution in [-0.2, 0) is 6.54 Å². The summed E-state index contributed by atoms with van der Waals surface area (Å²) in [6.07, 6.45) is 17.6. The highest BCUT2D eigenvalue weighted by Gasteiger charge is 2.15. The molecule has 0 atom stereocenters. The molecule has 1 aromatic heterocycles. The van der Waals surface area contributed by atoms with E-state index < -0.39 is 0 Å². The van der Waals surface area contributed by atoms with Gasteiger partial charge in [-0.05, 0) is 43.7 Å². The van der Waals surface area contributed by atoms with Crippen molar-refractivity contribution < 1.29 is 18.9 Å². The summed E-state index contributed by atoms with van der Waals surface area (Å²) in [4.78, 5) is 25.2. The van der Waals surface area contributed by atoms with Gasteiger partial charge in [-0.25, -0.2) is 0 Å². The minimum absolute atomic E-state index is 0.107. The van der Waals surface area contributed by atoms with E-state index in [4.69, 9.17) is 4.74 Å². The molecule has 0 bridgehead atoms. The van der Waals surface area contributed by atoms with Crippen LogP contribution in [-0.4, -0.2) is 18.3 Å². The normalized spacial score (nSPS) is 11.0. The maximum atomic E-state index is 12.9. The maximum absolute atomic E-state index is 12.9. The number of benzene rings is 2. The van der Waals surface area contributed by atoms with Crippen LogP contribution in [0.25, 0.3) is 0 Å². The van der Waals surface area contributed by atoms with Gasteiger partial charge in [0, 0.05) is 23.7 Å². The number of Topliss-reactive ketones (excluding diaryl/α,β-unsaturated/α-hetero) is 1. The van der Waals surface area contributed by atoms with E-state index in [0.29, 0.717) is 23.5 Å². The van der Waals surface area contributed by atoms with Gasteiger partial charge >= 0.3 is 0 Å². The SMILES string of the molecule is CCCCCCCCCCCCCCOc1ccc(C(=O)Nc2ccc(C[n+]3ccsc3C)cc2)cc1C(C)=O. The molecule has 0 saturated heterocycles. The third kappa shape index (κ3) is 10.9. The van der Waals surface area contributed by atoms with Crippen molar-refractivity contribution >= 4 is 28.7 Å². The molecule has 3 rings (SSSR count). The third-order valence-corrected chi connectivity index (χ3v) is 8.16. The second-order valence-corrected chi connectivity index (χ2v) is 11.8. The van der Waals surface area contributed by atoms with Crippen molar-refractivity contribution in [2.75, 3.05) is 11.9 Å². The number of nitrogens with zero attached hydrogens (tertiary/aromatic N) is 1. The van der Waals surface area contributed by atoms with Gasteiger partial charge in [-0.1, -0.05) is 101 Å². The van der Waals surface area contributed by atoms with E-state index in [0.717, 1.165) is 30.6 Å². The molecule has 0 saturated carbocycles. The first-order valence-corrected chi connectivity index (χ1v) is 16.0. The topological polar surface area (TPSA) is 59.3 Å². The molecule has 1 heterocycles. The molecule has 1 amide bonds. The first kappa shape index (κ1) is 31.5. The highest BCUT2D eigenvalue weighted by Crippen LogP contribution is 2.23. The predicted molar refractivity (Wildman–Crippen MR) is 166 cm³/mol. The van der Waals surface area contributed by atoms with E-state index in [1.54, 1.807) is 29.5 Å². The molecule has 3 aromatic rings. The summed E-state index contributed by atoms with van der Waals surface area (Å²) in [6.45, 7) is 7.26. The highest BCUT2D eigenvalue weighted by atomic mass is 32.1. The minimum atomic E-state index is -0.245. The van der Waals surface area contributed by atoms with Gasteiger partial charge < -0.3 is 10.1 Å². The summed E-state index contributed by atoms with van der Waals surface area (Å²) in [5.41, 5.74) is 2.78. The first-order valence-electron chi connectivity index (χ1n) is 15.1. The summed E-state index contributed by atoms with van der Waals surface area (Å²) < 4.78 is 8.15. The fourth-order valence-electron chi connectivity index (χ4n) is 4.83. The number of ketones is 1. The Labute approximate surface area is 245 Å². The fraction of sp³-hybridized carbons (Fsp3) is 0.500. The number of aryl methyl sites for hydroxylation is 1. The van der Waals surface area contributed by atoms with Crippen molar-refractivity contribution in [3.63, 3.8) is 0 Å². The number of rotatable bonds is 19. The predicted octanol–water partition coefficient (Wildman–Crippen LogP) is 8.93. The van der Waals surface area contributed by atoms with Crippen LogP contribution in [0.1, 0.15) is 122 Å². The number of unbranched alkanes of at least 4 members (excludes halogenated alkanes) is 11. The van der Waals surface area contributed by atoms with Gasteiger partial charge in [0.2, 0.25) is 5.01 Å². The van der Waals surface area contributed by atoms with Gasteiger partial charge in [0.25, 0.3) is 5.91 Å². The second kappa shape index (κ2) is 17.6. The van der Waals surface area contributed by atoms with Crippen LogP contribution in [0.5, 0.6) is 5.75 Å². The number of thiazole rings is 1. The molecular weight excluding hydrogens is 516 g/mol. The van der Waals surface area contributed by atoms with Gasteiger partial charge in [-0.3, -0.25) is 9.59 Å². The zero-order valence-corrected chi connectivity index (χ0v) is 25.5. The minimum Gasteiger partial charge on any atom is -0.493 e. The number of hydrogen-bond acceptors (Lipinski definition) is 4. The molecule has 0 unspecified atom stereocenters. The van der Waals surface area contributed by atoms with Crippen LogP contribution in [0, 0.1) is 6.92 Å². The molecule has 40 heavy (non-hydrogen) atoms. The molecule has 5 nitrogen and oxygen atoms in total. The Morgan fingerprint density at radius 2 is 1.48 bits per heavy atom. The van der Waals surface area contributed by atoms with E-state index in [1.165, 1.54) is 76.1 Å². The average molecular weight is 564 g/mol. The number of hydrogen-bond donors (Lipinski definition) is 1. The number of amides is 1. The summed E-state index contributed by atoms with van der Waals surface area (Å²) in [6, 6.07) is 13.0. The molecular formula is C34H47N2O3S+. The van der Waals surface area contributed by atoms with E-state index in [9.17, 15) is 9.59 Å². The Hall–Kier alpha value is -2.99. The largest absolute Gasteiger partial charge is 0.493 e. The van der Waals surface area contributed by atoms with Crippen molar-refractivity contribution in [1.29, 1.82) is 0 Å². The van der Waals surface area contributed by atoms with Crippen LogP contribution in [0.15, 0.2) is 54.0 Å².